The smallest absolute Gasteiger partial charge is 0.227 e. The van der Waals surface area contributed by atoms with Gasteiger partial charge in [-0.1, -0.05) is 6.42 Å². The van der Waals surface area contributed by atoms with Crippen LogP contribution >= 0.6 is 0 Å². The van der Waals surface area contributed by atoms with E-state index in [1.54, 1.807) is 24.3 Å². The third kappa shape index (κ3) is 2.47. The van der Waals surface area contributed by atoms with Gasteiger partial charge in [-0.3, -0.25) is 9.78 Å². The first kappa shape index (κ1) is 12.0. The number of hydrogen-bond donors (Lipinski definition) is 1. The van der Waals surface area contributed by atoms with Gasteiger partial charge in [-0.25, -0.2) is 0 Å². The van der Waals surface area contributed by atoms with Gasteiger partial charge in [-0.15, -0.1) is 0 Å². The number of pyridine rings is 1. The van der Waals surface area contributed by atoms with Gasteiger partial charge in [0.25, 0.3) is 0 Å². The lowest BCUT2D eigenvalue weighted by molar-refractivity contribution is -0.121. The average Bonchev–Trinajstić information content (AvgIpc) is 2.33. The summed E-state index contributed by atoms with van der Waals surface area (Å²) in [7, 11) is 1.79. The van der Waals surface area contributed by atoms with Crippen LogP contribution in [-0.4, -0.2) is 24.5 Å². The van der Waals surface area contributed by atoms with Gasteiger partial charge in [0.05, 0.1) is 11.9 Å². The molecule has 2 rings (SSSR count). The van der Waals surface area contributed by atoms with E-state index in [1.807, 2.05) is 12.1 Å². The zero-order valence-electron chi connectivity index (χ0n) is 10.2. The second-order valence-corrected chi connectivity index (χ2v) is 4.90. The molecule has 0 aliphatic heterocycles. The maximum Gasteiger partial charge on any atom is 0.227 e. The molecule has 0 bridgehead atoms. The van der Waals surface area contributed by atoms with Gasteiger partial charge in [0.15, 0.2) is 0 Å². The van der Waals surface area contributed by atoms with E-state index >= 15 is 0 Å². The Balaban J connectivity index is 2.01. The van der Waals surface area contributed by atoms with Gasteiger partial charge >= 0.3 is 0 Å². The van der Waals surface area contributed by atoms with Gasteiger partial charge in [0, 0.05) is 19.7 Å². The summed E-state index contributed by atoms with van der Waals surface area (Å²) in [6.07, 6.45) is 7.31. The van der Waals surface area contributed by atoms with Crippen LogP contribution in [0.3, 0.4) is 0 Å². The van der Waals surface area contributed by atoms with E-state index in [4.69, 9.17) is 5.73 Å². The molecular weight excluding hydrogens is 214 g/mol. The fourth-order valence-electron chi connectivity index (χ4n) is 2.27. The SMILES string of the molecule is CN(C(=O)CC1(CN)CCC1)c1cccnc1. The molecule has 92 valence electrons. The quantitative estimate of drug-likeness (QED) is 0.858. The molecule has 0 radical (unpaired) electrons. The largest absolute Gasteiger partial charge is 0.330 e. The molecule has 1 aromatic heterocycles. The first-order valence-electron chi connectivity index (χ1n) is 6.03. The molecule has 1 saturated carbocycles. The highest BCUT2D eigenvalue weighted by atomic mass is 16.2. The number of aromatic nitrogens is 1. The minimum absolute atomic E-state index is 0.0630. The number of amides is 1. The number of hydrogen-bond acceptors (Lipinski definition) is 3. The van der Waals surface area contributed by atoms with Crippen LogP contribution in [0.4, 0.5) is 5.69 Å². The summed E-state index contributed by atoms with van der Waals surface area (Å²) in [6.45, 7) is 0.611. The molecule has 0 saturated heterocycles. The predicted molar refractivity (Wildman–Crippen MR) is 67.6 cm³/mol. The Kier molecular flexibility index (Phi) is 3.43. The summed E-state index contributed by atoms with van der Waals surface area (Å²) < 4.78 is 0. The Morgan fingerprint density at radius 2 is 2.35 bits per heavy atom. The maximum atomic E-state index is 12.2. The topological polar surface area (TPSA) is 59.2 Å². The van der Waals surface area contributed by atoms with E-state index in [1.165, 1.54) is 6.42 Å². The van der Waals surface area contributed by atoms with Crippen LogP contribution in [-0.2, 0) is 4.79 Å². The molecule has 4 nitrogen and oxygen atoms in total. The predicted octanol–water partition coefficient (Wildman–Crippen LogP) is 1.56. The lowest BCUT2D eigenvalue weighted by atomic mass is 9.66. The highest BCUT2D eigenvalue weighted by molar-refractivity contribution is 5.93. The maximum absolute atomic E-state index is 12.2. The van der Waals surface area contributed by atoms with Crippen LogP contribution in [0.2, 0.25) is 0 Å². The van der Waals surface area contributed by atoms with Crippen molar-refractivity contribution in [1.82, 2.24) is 4.98 Å². The number of rotatable bonds is 4. The molecular formula is C13H19N3O. The molecule has 1 aliphatic rings. The van der Waals surface area contributed by atoms with E-state index in [0.29, 0.717) is 13.0 Å². The minimum atomic E-state index is 0.0630. The number of nitrogens with two attached hydrogens (primary N) is 1. The van der Waals surface area contributed by atoms with Crippen molar-refractivity contribution in [2.45, 2.75) is 25.7 Å². The highest BCUT2D eigenvalue weighted by Gasteiger charge is 2.38. The Labute approximate surface area is 102 Å². The summed E-state index contributed by atoms with van der Waals surface area (Å²) in [4.78, 5) is 17.8. The van der Waals surface area contributed by atoms with Crippen LogP contribution in [0.25, 0.3) is 0 Å². The average molecular weight is 233 g/mol. The van der Waals surface area contributed by atoms with Crippen LogP contribution in [0.1, 0.15) is 25.7 Å². The molecule has 0 spiro atoms. The normalized spacial score (nSPS) is 17.3. The number of carbonyl (C=O) groups excluding carboxylic acids is 1. The molecule has 1 amide bonds. The van der Waals surface area contributed by atoms with Crippen LogP contribution < -0.4 is 10.6 Å². The van der Waals surface area contributed by atoms with Gasteiger partial charge in [0.2, 0.25) is 5.91 Å². The molecule has 0 atom stereocenters. The van der Waals surface area contributed by atoms with Crippen molar-refractivity contribution in [2.75, 3.05) is 18.5 Å². The van der Waals surface area contributed by atoms with Crippen LogP contribution in [0.5, 0.6) is 0 Å². The lowest BCUT2D eigenvalue weighted by Crippen LogP contribution is -2.42. The van der Waals surface area contributed by atoms with Crippen molar-refractivity contribution in [3.05, 3.63) is 24.5 Å². The van der Waals surface area contributed by atoms with Crippen molar-refractivity contribution < 1.29 is 4.79 Å². The van der Waals surface area contributed by atoms with E-state index < -0.39 is 0 Å². The van der Waals surface area contributed by atoms with Crippen molar-refractivity contribution in [2.24, 2.45) is 11.1 Å². The summed E-state index contributed by atoms with van der Waals surface area (Å²) >= 11 is 0. The van der Waals surface area contributed by atoms with E-state index in [0.717, 1.165) is 18.5 Å². The molecule has 17 heavy (non-hydrogen) atoms. The minimum Gasteiger partial charge on any atom is -0.330 e. The van der Waals surface area contributed by atoms with E-state index in [9.17, 15) is 4.79 Å². The van der Waals surface area contributed by atoms with Crippen molar-refractivity contribution in [3.63, 3.8) is 0 Å². The first-order valence-corrected chi connectivity index (χ1v) is 6.03. The number of carbonyl (C=O) groups is 1. The lowest BCUT2D eigenvalue weighted by Gasteiger charge is -2.41. The fourth-order valence-corrected chi connectivity index (χ4v) is 2.27. The monoisotopic (exact) mass is 233 g/mol. The first-order chi connectivity index (χ1) is 8.17. The van der Waals surface area contributed by atoms with Crippen molar-refractivity contribution in [3.8, 4) is 0 Å². The summed E-state index contributed by atoms with van der Waals surface area (Å²) in [6, 6.07) is 3.72. The Morgan fingerprint density at radius 3 is 2.82 bits per heavy atom. The zero-order valence-corrected chi connectivity index (χ0v) is 10.2. The molecule has 1 aromatic rings. The molecule has 0 aromatic carbocycles. The van der Waals surface area contributed by atoms with Crippen LogP contribution in [0, 0.1) is 5.41 Å². The summed E-state index contributed by atoms with van der Waals surface area (Å²) in [5.74, 6) is 0.128. The van der Waals surface area contributed by atoms with E-state index in [2.05, 4.69) is 4.98 Å². The van der Waals surface area contributed by atoms with Crippen molar-refractivity contribution >= 4 is 11.6 Å². The Morgan fingerprint density at radius 1 is 1.59 bits per heavy atom. The van der Waals surface area contributed by atoms with Gasteiger partial charge in [0.1, 0.15) is 0 Å². The number of anilines is 1. The molecule has 4 heteroatoms. The van der Waals surface area contributed by atoms with Crippen LogP contribution in [0.15, 0.2) is 24.5 Å². The van der Waals surface area contributed by atoms with Crippen molar-refractivity contribution in [1.29, 1.82) is 0 Å². The molecule has 2 N–H and O–H groups in total. The molecule has 1 heterocycles. The van der Waals surface area contributed by atoms with Gasteiger partial charge < -0.3 is 10.6 Å². The second kappa shape index (κ2) is 4.84. The summed E-state index contributed by atoms with van der Waals surface area (Å²) in [5.41, 5.74) is 6.67. The third-order valence-corrected chi connectivity index (χ3v) is 3.78. The highest BCUT2D eigenvalue weighted by Crippen LogP contribution is 2.43. The van der Waals surface area contributed by atoms with E-state index in [-0.39, 0.29) is 11.3 Å². The zero-order chi connectivity index (χ0) is 12.3. The summed E-state index contributed by atoms with van der Waals surface area (Å²) in [5, 5.41) is 0. The van der Waals surface area contributed by atoms with Gasteiger partial charge in [-0.05, 0) is 36.9 Å². The van der Waals surface area contributed by atoms with Gasteiger partial charge in [-0.2, -0.15) is 0 Å². The molecule has 1 fully saturated rings. The fraction of sp³-hybridized carbons (Fsp3) is 0.538. The number of nitrogens with zero attached hydrogens (tertiary/aromatic N) is 2. The molecule has 1 aliphatic carbocycles. The molecule has 0 unspecified atom stereocenters. The Hall–Kier alpha value is -1.42. The Bertz CT molecular complexity index is 381. The standard InChI is InChI=1S/C13H19N3O/c1-16(11-4-2-7-15-9-11)12(17)8-13(10-14)5-3-6-13/h2,4,7,9H,3,5-6,8,10,14H2,1H3. The second-order valence-electron chi connectivity index (χ2n) is 4.90. The third-order valence-electron chi connectivity index (χ3n) is 3.78.